The van der Waals surface area contributed by atoms with Gasteiger partial charge in [0.15, 0.2) is 0 Å². The summed E-state index contributed by atoms with van der Waals surface area (Å²) in [6.45, 7) is 11.0. The highest BCUT2D eigenvalue weighted by atomic mass is 35.5. The molecule has 0 amide bonds. The number of hydrogen-bond donors (Lipinski definition) is 1. The standard InChI is InChI=1S/C24H30Cl2N4O4S/c1-5-13-34-20-15-19(26)18(25)14-17(20)23(28-35(33)24(2,3)4)16-9-11-29(12-10-16)21-7-6-8-22(27-21)30(31)32/h5-8,14-16,23,28H,1,9-13H2,2-4H3/t23-,35+/m1/s1. The lowest BCUT2D eigenvalue weighted by Gasteiger charge is -2.37. The highest BCUT2D eigenvalue weighted by molar-refractivity contribution is 7.90. The molecule has 0 spiro atoms. The van der Waals surface area contributed by atoms with E-state index in [2.05, 4.69) is 16.3 Å². The van der Waals surface area contributed by atoms with Gasteiger partial charge in [-0.15, -0.1) is 4.72 Å². The Morgan fingerprint density at radius 3 is 2.57 bits per heavy atom. The molecule has 1 aliphatic rings. The normalized spacial score (nSPS) is 16.6. The fraction of sp³-hybridized carbons (Fsp3) is 0.458. The molecule has 1 fully saturated rings. The van der Waals surface area contributed by atoms with Gasteiger partial charge in [-0.25, -0.2) is 0 Å². The number of anilines is 1. The molecule has 0 saturated carbocycles. The predicted molar refractivity (Wildman–Crippen MR) is 142 cm³/mol. The summed E-state index contributed by atoms with van der Waals surface area (Å²) in [5.41, 5.74) is 0.783. The van der Waals surface area contributed by atoms with Gasteiger partial charge in [0.25, 0.3) is 0 Å². The van der Waals surface area contributed by atoms with Gasteiger partial charge in [0.2, 0.25) is 5.82 Å². The Hall–Kier alpha value is -2.04. The van der Waals surface area contributed by atoms with Crippen molar-refractivity contribution in [2.75, 3.05) is 24.6 Å². The van der Waals surface area contributed by atoms with Crippen molar-refractivity contribution >= 4 is 46.2 Å². The van der Waals surface area contributed by atoms with Crippen LogP contribution in [0.15, 0.2) is 43.0 Å². The Morgan fingerprint density at radius 2 is 1.97 bits per heavy atom. The minimum absolute atomic E-state index is 0.0968. The van der Waals surface area contributed by atoms with E-state index in [0.717, 1.165) is 18.4 Å². The Balaban J connectivity index is 1.89. The zero-order chi connectivity index (χ0) is 25.8. The topological polar surface area (TPSA) is 104 Å². The maximum Gasteiger partial charge on any atom is 0.365 e. The van der Waals surface area contributed by atoms with Gasteiger partial charge < -0.3 is 24.3 Å². The molecule has 1 aromatic heterocycles. The van der Waals surface area contributed by atoms with Crippen molar-refractivity contribution < 1.29 is 14.2 Å². The van der Waals surface area contributed by atoms with Gasteiger partial charge in [-0.1, -0.05) is 35.9 Å². The minimum atomic E-state index is -1.35. The molecule has 1 aliphatic heterocycles. The molecule has 2 atom stereocenters. The number of piperidine rings is 1. The molecule has 11 heteroatoms. The lowest BCUT2D eigenvalue weighted by atomic mass is 9.85. The van der Waals surface area contributed by atoms with Crippen LogP contribution in [0.2, 0.25) is 10.0 Å². The summed E-state index contributed by atoms with van der Waals surface area (Å²) in [5, 5.41) is 11.9. The van der Waals surface area contributed by atoms with E-state index in [9.17, 15) is 14.7 Å². The summed E-state index contributed by atoms with van der Waals surface area (Å²) in [6, 6.07) is 7.94. The molecular formula is C24H30Cl2N4O4S. The van der Waals surface area contributed by atoms with Gasteiger partial charge in [0, 0.05) is 48.2 Å². The van der Waals surface area contributed by atoms with Crippen LogP contribution in [0.1, 0.15) is 45.2 Å². The quantitative estimate of drug-likeness (QED) is 0.183. The zero-order valence-electron chi connectivity index (χ0n) is 20.0. The maximum atomic E-state index is 13.2. The average Bonchev–Trinajstić information content (AvgIpc) is 2.82. The third-order valence-electron chi connectivity index (χ3n) is 5.78. The first-order valence-electron chi connectivity index (χ1n) is 11.3. The van der Waals surface area contributed by atoms with Crippen LogP contribution < -0.4 is 14.4 Å². The smallest absolute Gasteiger partial charge is 0.365 e. The number of hydrogen-bond acceptors (Lipinski definition) is 7. The fourth-order valence-corrected chi connectivity index (χ4v) is 5.15. The molecule has 1 N–H and O–H groups in total. The third kappa shape index (κ3) is 7.01. The summed E-state index contributed by atoms with van der Waals surface area (Å²) < 4.78 is 21.9. The number of pyridine rings is 1. The SMILES string of the molecule is C=CCOc1cc(Cl)c(Cl)cc1[C@H](N[S@@+]([O-])C(C)(C)C)C1CCN(c2cccc([N+](=O)[O-])n2)CC1. The molecule has 1 aromatic carbocycles. The molecule has 2 heterocycles. The molecule has 0 radical (unpaired) electrons. The van der Waals surface area contributed by atoms with E-state index in [4.69, 9.17) is 27.9 Å². The number of aromatic nitrogens is 1. The van der Waals surface area contributed by atoms with E-state index < -0.39 is 21.0 Å². The molecule has 1 saturated heterocycles. The van der Waals surface area contributed by atoms with Crippen LogP contribution in [0.3, 0.4) is 0 Å². The van der Waals surface area contributed by atoms with E-state index in [1.807, 2.05) is 25.7 Å². The Bertz CT molecular complexity index is 1060. The van der Waals surface area contributed by atoms with Crippen molar-refractivity contribution in [3.8, 4) is 5.75 Å². The van der Waals surface area contributed by atoms with E-state index in [0.29, 0.717) is 34.7 Å². The van der Waals surface area contributed by atoms with Crippen LogP contribution in [0.25, 0.3) is 0 Å². The summed E-state index contributed by atoms with van der Waals surface area (Å²) >= 11 is 11.3. The van der Waals surface area contributed by atoms with Crippen LogP contribution in [-0.2, 0) is 11.4 Å². The van der Waals surface area contributed by atoms with Crippen molar-refractivity contribution in [2.24, 2.45) is 5.92 Å². The average molecular weight is 542 g/mol. The number of benzene rings is 1. The number of rotatable bonds is 9. The summed E-state index contributed by atoms with van der Waals surface area (Å²) in [5.74, 6) is 1.06. The molecule has 3 rings (SSSR count). The molecular weight excluding hydrogens is 511 g/mol. The highest BCUT2D eigenvalue weighted by Gasteiger charge is 2.37. The first kappa shape index (κ1) is 27.5. The first-order valence-corrected chi connectivity index (χ1v) is 13.2. The van der Waals surface area contributed by atoms with Crippen molar-refractivity contribution in [3.05, 3.63) is 68.7 Å². The Kier molecular flexibility index (Phi) is 9.28. The van der Waals surface area contributed by atoms with Gasteiger partial charge in [-0.3, -0.25) is 0 Å². The predicted octanol–water partition coefficient (Wildman–Crippen LogP) is 5.87. The number of halogens is 2. The second-order valence-corrected chi connectivity index (χ2v) is 12.1. The van der Waals surface area contributed by atoms with Crippen molar-refractivity contribution in [3.63, 3.8) is 0 Å². The third-order valence-corrected chi connectivity index (χ3v) is 8.08. The molecule has 8 nitrogen and oxygen atoms in total. The van der Waals surface area contributed by atoms with Gasteiger partial charge >= 0.3 is 5.82 Å². The van der Waals surface area contributed by atoms with E-state index in [1.54, 1.807) is 30.3 Å². The van der Waals surface area contributed by atoms with Crippen LogP contribution in [0, 0.1) is 16.0 Å². The molecule has 35 heavy (non-hydrogen) atoms. The number of ether oxygens (including phenoxy) is 1. The van der Waals surface area contributed by atoms with Gasteiger partial charge in [-0.05, 0) is 61.6 Å². The minimum Gasteiger partial charge on any atom is -0.598 e. The van der Waals surface area contributed by atoms with Gasteiger partial charge in [0.05, 0.1) is 16.1 Å². The zero-order valence-corrected chi connectivity index (χ0v) is 22.3. The van der Waals surface area contributed by atoms with Gasteiger partial charge in [0.1, 0.15) is 17.1 Å². The lowest BCUT2D eigenvalue weighted by Crippen LogP contribution is -2.46. The van der Waals surface area contributed by atoms with E-state index >= 15 is 0 Å². The van der Waals surface area contributed by atoms with Crippen molar-refractivity contribution in [1.29, 1.82) is 0 Å². The van der Waals surface area contributed by atoms with Crippen LogP contribution in [-0.4, -0.2) is 38.9 Å². The Labute approximate surface area is 219 Å². The number of nitro groups is 1. The molecule has 0 bridgehead atoms. The first-order chi connectivity index (χ1) is 16.5. The number of nitrogens with one attached hydrogen (secondary N) is 1. The second-order valence-electron chi connectivity index (χ2n) is 9.32. The van der Waals surface area contributed by atoms with E-state index in [1.165, 1.54) is 6.07 Å². The monoisotopic (exact) mass is 540 g/mol. The highest BCUT2D eigenvalue weighted by Crippen LogP contribution is 2.41. The van der Waals surface area contributed by atoms with Crippen LogP contribution >= 0.6 is 23.2 Å². The van der Waals surface area contributed by atoms with Gasteiger partial charge in [-0.2, -0.15) is 0 Å². The summed E-state index contributed by atoms with van der Waals surface area (Å²) in [6.07, 6.45) is 3.13. The number of nitrogens with zero attached hydrogens (tertiary/aromatic N) is 3. The summed E-state index contributed by atoms with van der Waals surface area (Å²) in [4.78, 5) is 16.8. The lowest BCUT2D eigenvalue weighted by molar-refractivity contribution is -0.389. The van der Waals surface area contributed by atoms with Crippen molar-refractivity contribution in [2.45, 2.75) is 44.4 Å². The summed E-state index contributed by atoms with van der Waals surface area (Å²) in [7, 11) is 0. The molecule has 0 unspecified atom stereocenters. The molecule has 2 aromatic rings. The second kappa shape index (κ2) is 11.8. The van der Waals surface area contributed by atoms with Crippen LogP contribution in [0.4, 0.5) is 11.6 Å². The van der Waals surface area contributed by atoms with Crippen LogP contribution in [0.5, 0.6) is 5.75 Å². The van der Waals surface area contributed by atoms with E-state index in [-0.39, 0.29) is 24.4 Å². The van der Waals surface area contributed by atoms with Crippen molar-refractivity contribution in [1.82, 2.24) is 9.71 Å². The largest absolute Gasteiger partial charge is 0.598 e. The molecule has 190 valence electrons. The molecule has 0 aliphatic carbocycles. The Morgan fingerprint density at radius 1 is 1.31 bits per heavy atom. The maximum absolute atomic E-state index is 13.2. The fourth-order valence-electron chi connectivity index (χ4n) is 3.92.